The lowest BCUT2D eigenvalue weighted by atomic mass is 10.1. The highest BCUT2D eigenvalue weighted by molar-refractivity contribution is 5.78. The summed E-state index contributed by atoms with van der Waals surface area (Å²) in [5.74, 6) is 0.189. The monoisotopic (exact) mass is 304 g/mol. The Kier molecular flexibility index (Phi) is 3.79. The van der Waals surface area contributed by atoms with E-state index < -0.39 is 0 Å². The summed E-state index contributed by atoms with van der Waals surface area (Å²) in [6, 6.07) is 6.29. The SMILES string of the molecule is Cn1nc2n(c1=O)CCN(C(=O)Cc1ccccc1F)CC2. The molecule has 7 heteroatoms. The van der Waals surface area contributed by atoms with Gasteiger partial charge in [-0.05, 0) is 11.6 Å². The summed E-state index contributed by atoms with van der Waals surface area (Å²) in [5.41, 5.74) is 0.226. The van der Waals surface area contributed by atoms with Gasteiger partial charge in [0, 0.05) is 33.1 Å². The van der Waals surface area contributed by atoms with Crippen LogP contribution >= 0.6 is 0 Å². The molecule has 1 aromatic heterocycles. The van der Waals surface area contributed by atoms with E-state index in [2.05, 4.69) is 5.10 Å². The van der Waals surface area contributed by atoms with E-state index in [1.807, 2.05) is 0 Å². The van der Waals surface area contributed by atoms with Crippen molar-refractivity contribution in [1.82, 2.24) is 19.2 Å². The molecule has 0 aliphatic carbocycles. The van der Waals surface area contributed by atoms with Crippen LogP contribution in [0.2, 0.25) is 0 Å². The zero-order chi connectivity index (χ0) is 15.7. The number of fused-ring (bicyclic) bond motifs is 1. The zero-order valence-electron chi connectivity index (χ0n) is 12.3. The summed E-state index contributed by atoms with van der Waals surface area (Å²) < 4.78 is 16.5. The summed E-state index contributed by atoms with van der Waals surface area (Å²) >= 11 is 0. The van der Waals surface area contributed by atoms with Crippen molar-refractivity contribution >= 4 is 5.91 Å². The number of amides is 1. The predicted molar refractivity (Wildman–Crippen MR) is 77.9 cm³/mol. The second-order valence-corrected chi connectivity index (χ2v) is 5.37. The molecule has 0 unspecified atom stereocenters. The molecule has 2 aromatic rings. The Bertz CT molecular complexity index is 765. The van der Waals surface area contributed by atoms with Crippen LogP contribution in [-0.2, 0) is 31.2 Å². The van der Waals surface area contributed by atoms with Crippen molar-refractivity contribution in [2.45, 2.75) is 19.4 Å². The number of aromatic nitrogens is 3. The van der Waals surface area contributed by atoms with Crippen molar-refractivity contribution in [3.63, 3.8) is 0 Å². The quantitative estimate of drug-likeness (QED) is 0.804. The molecule has 2 heterocycles. The van der Waals surface area contributed by atoms with E-state index in [4.69, 9.17) is 0 Å². The number of aryl methyl sites for hydroxylation is 1. The molecule has 0 N–H and O–H groups in total. The van der Waals surface area contributed by atoms with Crippen LogP contribution in [0.4, 0.5) is 4.39 Å². The summed E-state index contributed by atoms with van der Waals surface area (Å²) in [7, 11) is 1.62. The minimum atomic E-state index is -0.368. The van der Waals surface area contributed by atoms with Gasteiger partial charge in [0.25, 0.3) is 0 Å². The van der Waals surface area contributed by atoms with Crippen LogP contribution in [0.15, 0.2) is 29.1 Å². The van der Waals surface area contributed by atoms with Crippen molar-refractivity contribution < 1.29 is 9.18 Å². The fourth-order valence-corrected chi connectivity index (χ4v) is 2.70. The number of hydrogen-bond acceptors (Lipinski definition) is 3. The lowest BCUT2D eigenvalue weighted by Gasteiger charge is -2.20. The first-order chi connectivity index (χ1) is 10.6. The molecule has 0 radical (unpaired) electrons. The molecule has 116 valence electrons. The Morgan fingerprint density at radius 3 is 2.82 bits per heavy atom. The van der Waals surface area contributed by atoms with Gasteiger partial charge < -0.3 is 4.90 Å². The molecule has 1 aliphatic rings. The molecule has 3 rings (SSSR count). The van der Waals surface area contributed by atoms with E-state index in [0.717, 1.165) is 0 Å². The Morgan fingerprint density at radius 1 is 1.27 bits per heavy atom. The molecular weight excluding hydrogens is 287 g/mol. The molecule has 1 aliphatic heterocycles. The Hall–Kier alpha value is -2.44. The molecule has 22 heavy (non-hydrogen) atoms. The first-order valence-corrected chi connectivity index (χ1v) is 7.20. The normalized spacial score (nSPS) is 14.5. The van der Waals surface area contributed by atoms with E-state index >= 15 is 0 Å². The number of halogens is 1. The van der Waals surface area contributed by atoms with Gasteiger partial charge >= 0.3 is 5.69 Å². The summed E-state index contributed by atoms with van der Waals surface area (Å²) in [5, 5.41) is 4.17. The standard InChI is InChI=1S/C15H17FN4O2/c1-18-15(22)20-9-8-19(7-6-13(20)17-18)14(21)10-11-4-2-3-5-12(11)16/h2-5H,6-10H2,1H3. The smallest absolute Gasteiger partial charge is 0.340 e. The van der Waals surface area contributed by atoms with Gasteiger partial charge in [-0.3, -0.25) is 9.36 Å². The van der Waals surface area contributed by atoms with Crippen LogP contribution in [-0.4, -0.2) is 38.2 Å². The number of hydrogen-bond donors (Lipinski definition) is 0. The van der Waals surface area contributed by atoms with Crippen LogP contribution in [0.5, 0.6) is 0 Å². The fourth-order valence-electron chi connectivity index (χ4n) is 2.70. The largest absolute Gasteiger partial charge is 0.345 e. The van der Waals surface area contributed by atoms with Gasteiger partial charge in [-0.2, -0.15) is 5.10 Å². The third kappa shape index (κ3) is 2.66. The Labute approximate surface area is 126 Å². The first-order valence-electron chi connectivity index (χ1n) is 7.20. The lowest BCUT2D eigenvalue weighted by molar-refractivity contribution is -0.130. The molecule has 0 saturated carbocycles. The zero-order valence-corrected chi connectivity index (χ0v) is 12.3. The van der Waals surface area contributed by atoms with Gasteiger partial charge in [0.15, 0.2) is 0 Å². The van der Waals surface area contributed by atoms with Crippen LogP contribution in [0.1, 0.15) is 11.4 Å². The third-order valence-corrected chi connectivity index (χ3v) is 3.94. The van der Waals surface area contributed by atoms with Crippen molar-refractivity contribution in [2.24, 2.45) is 7.05 Å². The maximum absolute atomic E-state index is 13.6. The second kappa shape index (κ2) is 5.75. The molecular formula is C15H17FN4O2. The second-order valence-electron chi connectivity index (χ2n) is 5.37. The maximum Gasteiger partial charge on any atom is 0.345 e. The Morgan fingerprint density at radius 2 is 2.05 bits per heavy atom. The van der Waals surface area contributed by atoms with Crippen LogP contribution < -0.4 is 5.69 Å². The van der Waals surface area contributed by atoms with Gasteiger partial charge in [-0.1, -0.05) is 18.2 Å². The van der Waals surface area contributed by atoms with E-state index in [0.29, 0.717) is 37.4 Å². The van der Waals surface area contributed by atoms with Crippen LogP contribution in [0.3, 0.4) is 0 Å². The minimum Gasteiger partial charge on any atom is -0.340 e. The van der Waals surface area contributed by atoms with Gasteiger partial charge in [-0.25, -0.2) is 13.9 Å². The third-order valence-electron chi connectivity index (χ3n) is 3.94. The molecule has 0 bridgehead atoms. The van der Waals surface area contributed by atoms with E-state index in [9.17, 15) is 14.0 Å². The van der Waals surface area contributed by atoms with Crippen LogP contribution in [0, 0.1) is 5.82 Å². The number of rotatable bonds is 2. The highest BCUT2D eigenvalue weighted by Crippen LogP contribution is 2.11. The Balaban J connectivity index is 1.71. The van der Waals surface area contributed by atoms with E-state index in [1.165, 1.54) is 10.7 Å². The average Bonchev–Trinajstić information content (AvgIpc) is 2.66. The molecule has 0 saturated heterocycles. The highest BCUT2D eigenvalue weighted by atomic mass is 19.1. The molecule has 0 atom stereocenters. The maximum atomic E-state index is 13.6. The van der Waals surface area contributed by atoms with Crippen molar-refractivity contribution in [3.05, 3.63) is 52.0 Å². The minimum absolute atomic E-state index is 0.0347. The van der Waals surface area contributed by atoms with Gasteiger partial charge in [0.05, 0.1) is 6.42 Å². The van der Waals surface area contributed by atoms with Gasteiger partial charge in [-0.15, -0.1) is 0 Å². The van der Waals surface area contributed by atoms with Crippen LogP contribution in [0.25, 0.3) is 0 Å². The van der Waals surface area contributed by atoms with Gasteiger partial charge in [0.2, 0.25) is 5.91 Å². The summed E-state index contributed by atoms with van der Waals surface area (Å²) in [4.78, 5) is 25.9. The molecule has 1 aromatic carbocycles. The molecule has 0 fully saturated rings. The highest BCUT2D eigenvalue weighted by Gasteiger charge is 2.22. The average molecular weight is 304 g/mol. The first kappa shape index (κ1) is 14.5. The predicted octanol–water partition coefficient (Wildman–Crippen LogP) is 0.348. The number of carbonyl (C=O) groups is 1. The summed E-state index contributed by atoms with van der Waals surface area (Å²) in [6.07, 6.45) is 0.562. The van der Waals surface area contributed by atoms with Gasteiger partial charge in [0.1, 0.15) is 11.6 Å². The van der Waals surface area contributed by atoms with E-state index in [1.54, 1.807) is 34.7 Å². The van der Waals surface area contributed by atoms with Crippen molar-refractivity contribution in [3.8, 4) is 0 Å². The number of nitrogens with zero attached hydrogens (tertiary/aromatic N) is 4. The molecule has 0 spiro atoms. The topological polar surface area (TPSA) is 60.1 Å². The molecule has 6 nitrogen and oxygen atoms in total. The van der Waals surface area contributed by atoms with Crippen molar-refractivity contribution in [2.75, 3.05) is 13.1 Å². The van der Waals surface area contributed by atoms with Crippen molar-refractivity contribution in [1.29, 1.82) is 0 Å². The number of carbonyl (C=O) groups excluding carboxylic acids is 1. The number of benzene rings is 1. The molecule has 1 amide bonds. The van der Waals surface area contributed by atoms with E-state index in [-0.39, 0.29) is 23.8 Å². The lowest BCUT2D eigenvalue weighted by Crippen LogP contribution is -2.36. The fraction of sp³-hybridized carbons (Fsp3) is 0.400. The summed E-state index contributed by atoms with van der Waals surface area (Å²) in [6.45, 7) is 1.35.